The molecule has 26 heavy (non-hydrogen) atoms. The first-order valence-corrected chi connectivity index (χ1v) is 8.53. The van der Waals surface area contributed by atoms with Gasteiger partial charge in [-0.3, -0.25) is 0 Å². The van der Waals surface area contributed by atoms with Gasteiger partial charge in [0.05, 0.1) is 14.2 Å². The third kappa shape index (κ3) is 4.22. The van der Waals surface area contributed by atoms with Gasteiger partial charge in [-0.15, -0.1) is 0 Å². The summed E-state index contributed by atoms with van der Waals surface area (Å²) < 4.78 is 11.3. The maximum absolute atomic E-state index is 5.64. The van der Waals surface area contributed by atoms with Crippen molar-refractivity contribution >= 4 is 24.3 Å². The van der Waals surface area contributed by atoms with Crippen LogP contribution in [0.1, 0.15) is 22.3 Å². The van der Waals surface area contributed by atoms with Crippen molar-refractivity contribution in [2.45, 2.75) is 0 Å². The van der Waals surface area contributed by atoms with Crippen molar-refractivity contribution < 1.29 is 9.47 Å². The molecule has 0 amide bonds. The highest BCUT2D eigenvalue weighted by molar-refractivity contribution is 5.80. The molecule has 0 radical (unpaired) electrons. The number of rotatable bonds is 6. The third-order valence-corrected chi connectivity index (χ3v) is 4.09. The molecule has 130 valence electrons. The van der Waals surface area contributed by atoms with Crippen molar-refractivity contribution in [2.24, 2.45) is 0 Å². The Labute approximate surface area is 155 Å². The highest BCUT2D eigenvalue weighted by Crippen LogP contribution is 2.36. The van der Waals surface area contributed by atoms with Crippen LogP contribution in [-0.2, 0) is 0 Å². The lowest BCUT2D eigenvalue weighted by Crippen LogP contribution is -1.95. The van der Waals surface area contributed by atoms with Gasteiger partial charge in [-0.2, -0.15) is 0 Å². The average molecular weight is 342 g/mol. The van der Waals surface area contributed by atoms with Gasteiger partial charge in [-0.25, -0.2) is 0 Å². The average Bonchev–Trinajstić information content (AvgIpc) is 2.71. The normalized spacial score (nSPS) is 11.2. The molecule has 0 bridgehead atoms. The van der Waals surface area contributed by atoms with Crippen LogP contribution in [0, 0.1) is 0 Å². The van der Waals surface area contributed by atoms with Gasteiger partial charge in [0.2, 0.25) is 0 Å². The molecule has 0 saturated heterocycles. The number of benzene rings is 3. The Kier molecular flexibility index (Phi) is 5.89. The lowest BCUT2D eigenvalue weighted by Gasteiger charge is -2.13. The second-order valence-electron chi connectivity index (χ2n) is 5.80. The first-order valence-electron chi connectivity index (χ1n) is 8.53. The molecule has 0 unspecified atom stereocenters. The molecule has 0 N–H and O–H groups in total. The molecule has 0 fully saturated rings. The minimum atomic E-state index is 0.731. The van der Waals surface area contributed by atoms with E-state index in [1.54, 1.807) is 14.2 Å². The van der Waals surface area contributed by atoms with E-state index in [1.165, 1.54) is 0 Å². The van der Waals surface area contributed by atoms with Gasteiger partial charge < -0.3 is 9.47 Å². The Bertz CT molecular complexity index is 818. The van der Waals surface area contributed by atoms with Gasteiger partial charge in [-0.1, -0.05) is 97.1 Å². The summed E-state index contributed by atoms with van der Waals surface area (Å²) in [6.45, 7) is 0. The Morgan fingerprint density at radius 1 is 0.500 bits per heavy atom. The summed E-state index contributed by atoms with van der Waals surface area (Å²) in [5, 5.41) is 0. The fourth-order valence-electron chi connectivity index (χ4n) is 2.78. The van der Waals surface area contributed by atoms with E-state index in [2.05, 4.69) is 36.4 Å². The van der Waals surface area contributed by atoms with Crippen LogP contribution >= 0.6 is 0 Å². The second-order valence-corrected chi connectivity index (χ2v) is 5.80. The van der Waals surface area contributed by atoms with Crippen LogP contribution in [0.4, 0.5) is 0 Å². The van der Waals surface area contributed by atoms with Gasteiger partial charge in [0.25, 0.3) is 0 Å². The zero-order valence-corrected chi connectivity index (χ0v) is 15.1. The number of methoxy groups -OCH3 is 2. The second kappa shape index (κ2) is 8.72. The maximum Gasteiger partial charge on any atom is 0.168 e. The fourth-order valence-corrected chi connectivity index (χ4v) is 2.78. The topological polar surface area (TPSA) is 18.5 Å². The number of hydrogen-bond donors (Lipinski definition) is 0. The molecular formula is C24H22O2. The minimum Gasteiger partial charge on any atom is -0.492 e. The summed E-state index contributed by atoms with van der Waals surface area (Å²) >= 11 is 0. The van der Waals surface area contributed by atoms with Crippen LogP contribution in [0.5, 0.6) is 11.5 Å². The van der Waals surface area contributed by atoms with Gasteiger partial charge >= 0.3 is 0 Å². The zero-order chi connectivity index (χ0) is 18.2. The molecular weight excluding hydrogens is 320 g/mol. The molecule has 3 rings (SSSR count). The zero-order valence-electron chi connectivity index (χ0n) is 15.1. The predicted octanol–water partition coefficient (Wildman–Crippen LogP) is 6.04. The number of hydrogen-bond acceptors (Lipinski definition) is 2. The molecule has 2 nitrogen and oxygen atoms in total. The maximum atomic E-state index is 5.64. The quantitative estimate of drug-likeness (QED) is 0.508. The van der Waals surface area contributed by atoms with E-state index in [4.69, 9.17) is 9.47 Å². The number of ether oxygens (including phenoxy) is 2. The van der Waals surface area contributed by atoms with Crippen LogP contribution in [-0.4, -0.2) is 14.2 Å². The van der Waals surface area contributed by atoms with Gasteiger partial charge in [-0.05, 0) is 11.1 Å². The van der Waals surface area contributed by atoms with Gasteiger partial charge in [0, 0.05) is 11.1 Å². The van der Waals surface area contributed by atoms with E-state index < -0.39 is 0 Å². The van der Waals surface area contributed by atoms with E-state index in [-0.39, 0.29) is 0 Å². The van der Waals surface area contributed by atoms with Gasteiger partial charge in [0.1, 0.15) is 0 Å². The van der Waals surface area contributed by atoms with E-state index in [0.29, 0.717) is 0 Å². The molecule has 0 saturated carbocycles. The van der Waals surface area contributed by atoms with Crippen molar-refractivity contribution in [3.05, 3.63) is 95.1 Å². The van der Waals surface area contributed by atoms with Crippen molar-refractivity contribution in [3.8, 4) is 11.5 Å². The lowest BCUT2D eigenvalue weighted by molar-refractivity contribution is 0.354. The molecule has 3 aromatic carbocycles. The van der Waals surface area contributed by atoms with E-state index >= 15 is 0 Å². The first-order chi connectivity index (χ1) is 12.8. The Morgan fingerprint density at radius 3 is 1.23 bits per heavy atom. The molecule has 0 aliphatic carbocycles. The molecule has 0 aromatic heterocycles. The highest BCUT2D eigenvalue weighted by atomic mass is 16.5. The molecule has 0 aliphatic rings. The smallest absolute Gasteiger partial charge is 0.168 e. The minimum absolute atomic E-state index is 0.731. The Hall–Kier alpha value is -3.26. The van der Waals surface area contributed by atoms with Crippen LogP contribution in [0.3, 0.4) is 0 Å². The summed E-state index contributed by atoms with van der Waals surface area (Å²) in [6.07, 6.45) is 8.22. The van der Waals surface area contributed by atoms with Gasteiger partial charge in [0.15, 0.2) is 11.5 Å². The summed E-state index contributed by atoms with van der Waals surface area (Å²) in [5.74, 6) is 1.46. The van der Waals surface area contributed by atoms with E-state index in [9.17, 15) is 0 Å². The summed E-state index contributed by atoms with van der Waals surface area (Å²) in [4.78, 5) is 0. The van der Waals surface area contributed by atoms with E-state index in [0.717, 1.165) is 33.8 Å². The van der Waals surface area contributed by atoms with Crippen molar-refractivity contribution in [2.75, 3.05) is 14.2 Å². The van der Waals surface area contributed by atoms with Crippen LogP contribution in [0.15, 0.2) is 72.8 Å². The Morgan fingerprint density at radius 2 is 0.885 bits per heavy atom. The van der Waals surface area contributed by atoms with Crippen molar-refractivity contribution in [1.82, 2.24) is 0 Å². The van der Waals surface area contributed by atoms with Crippen LogP contribution in [0.25, 0.3) is 24.3 Å². The van der Waals surface area contributed by atoms with Crippen LogP contribution in [0.2, 0.25) is 0 Å². The summed E-state index contributed by atoms with van der Waals surface area (Å²) in [6, 6.07) is 24.5. The molecule has 0 aliphatic heterocycles. The lowest BCUT2D eigenvalue weighted by atomic mass is 10.1. The Balaban J connectivity index is 1.93. The SMILES string of the molecule is COc1c(C=Cc2ccccc2)ccc(C=Cc2ccccc2)c1OC. The fraction of sp³-hybridized carbons (Fsp3) is 0.0833. The highest BCUT2D eigenvalue weighted by Gasteiger charge is 2.12. The van der Waals surface area contributed by atoms with Crippen molar-refractivity contribution in [1.29, 1.82) is 0 Å². The summed E-state index contributed by atoms with van der Waals surface area (Å²) in [7, 11) is 3.34. The molecule has 2 heteroatoms. The largest absolute Gasteiger partial charge is 0.492 e. The summed E-state index contributed by atoms with van der Waals surface area (Å²) in [5.41, 5.74) is 4.23. The predicted molar refractivity (Wildman–Crippen MR) is 110 cm³/mol. The third-order valence-electron chi connectivity index (χ3n) is 4.09. The van der Waals surface area contributed by atoms with Crippen molar-refractivity contribution in [3.63, 3.8) is 0 Å². The van der Waals surface area contributed by atoms with Crippen LogP contribution < -0.4 is 9.47 Å². The van der Waals surface area contributed by atoms with E-state index in [1.807, 2.05) is 60.7 Å². The molecule has 3 aromatic rings. The standard InChI is InChI=1S/C24H22O2/c1-25-23-21(15-13-19-9-5-3-6-10-19)17-18-22(24(23)26-2)16-14-20-11-7-4-8-12-20/h3-18H,1-2H3. The molecule has 0 spiro atoms. The molecule has 0 heterocycles. The molecule has 0 atom stereocenters. The monoisotopic (exact) mass is 342 g/mol. The first kappa shape index (κ1) is 17.6.